The zero-order valence-electron chi connectivity index (χ0n) is 9.78. The molecule has 4 nitrogen and oxygen atoms in total. The second kappa shape index (κ2) is 6.20. The van der Waals surface area contributed by atoms with Crippen molar-refractivity contribution in [3.05, 3.63) is 32.7 Å². The van der Waals surface area contributed by atoms with Gasteiger partial charge in [0.1, 0.15) is 16.4 Å². The third-order valence-corrected chi connectivity index (χ3v) is 3.91. The largest absolute Gasteiger partial charge is 0.573 e. The van der Waals surface area contributed by atoms with E-state index in [1.807, 2.05) is 0 Å². The highest BCUT2D eigenvalue weighted by Crippen LogP contribution is 2.36. The Kier molecular flexibility index (Phi) is 4.74. The molecule has 0 unspecified atom stereocenters. The zero-order valence-corrected chi connectivity index (χ0v) is 12.9. The van der Waals surface area contributed by atoms with Crippen LogP contribution in [0.3, 0.4) is 0 Å². The normalized spacial score (nSPS) is 11.3. The number of carbonyl (C=O) groups is 1. The molecular formula is C11H4BrClF3NO3S. The van der Waals surface area contributed by atoms with E-state index in [1.54, 1.807) is 0 Å². The van der Waals surface area contributed by atoms with E-state index >= 15 is 0 Å². The molecule has 1 aromatic heterocycles. The predicted octanol–water partition coefficient (Wildman–Crippen LogP) is 5.06. The number of alkyl halides is 3. The standard InChI is InChI=1S/C11H4BrClF3NO3S/c12-6-3-5(1-2-7(6)20-11(14,15)16)19-10-17-9(13)8(4-18)21-10/h1-4H. The van der Waals surface area contributed by atoms with E-state index in [-0.39, 0.29) is 25.4 Å². The van der Waals surface area contributed by atoms with Crippen LogP contribution in [0.1, 0.15) is 9.67 Å². The van der Waals surface area contributed by atoms with Gasteiger partial charge in [-0.15, -0.1) is 13.2 Å². The first kappa shape index (κ1) is 16.1. The molecule has 0 bridgehead atoms. The molecule has 0 radical (unpaired) electrons. The Bertz CT molecular complexity index is 677. The summed E-state index contributed by atoms with van der Waals surface area (Å²) < 4.78 is 45.5. The minimum atomic E-state index is -4.79. The van der Waals surface area contributed by atoms with Crippen LogP contribution in [0, 0.1) is 0 Å². The van der Waals surface area contributed by atoms with E-state index in [0.29, 0.717) is 6.29 Å². The number of halogens is 5. The van der Waals surface area contributed by atoms with E-state index in [1.165, 1.54) is 12.1 Å². The summed E-state index contributed by atoms with van der Waals surface area (Å²) in [5.74, 6) is -0.195. The molecule has 2 rings (SSSR count). The quantitative estimate of drug-likeness (QED) is 0.671. The van der Waals surface area contributed by atoms with E-state index in [0.717, 1.165) is 17.4 Å². The first-order valence-electron chi connectivity index (χ1n) is 5.13. The zero-order chi connectivity index (χ0) is 15.6. The van der Waals surface area contributed by atoms with Crippen molar-refractivity contribution < 1.29 is 27.4 Å². The van der Waals surface area contributed by atoms with Crippen molar-refractivity contribution >= 4 is 45.2 Å². The number of carbonyl (C=O) groups excluding carboxylic acids is 1. The summed E-state index contributed by atoms with van der Waals surface area (Å²) in [5.41, 5.74) is 0. The smallest absolute Gasteiger partial charge is 0.431 e. The van der Waals surface area contributed by atoms with Gasteiger partial charge in [0.2, 0.25) is 0 Å². The second-order valence-electron chi connectivity index (χ2n) is 3.49. The Morgan fingerprint density at radius 2 is 2.10 bits per heavy atom. The van der Waals surface area contributed by atoms with Crippen LogP contribution in [0.25, 0.3) is 0 Å². The highest BCUT2D eigenvalue weighted by atomic mass is 79.9. The topological polar surface area (TPSA) is 48.4 Å². The van der Waals surface area contributed by atoms with Gasteiger partial charge >= 0.3 is 6.36 Å². The highest BCUT2D eigenvalue weighted by molar-refractivity contribution is 9.10. The van der Waals surface area contributed by atoms with Crippen LogP contribution in [0.5, 0.6) is 16.7 Å². The van der Waals surface area contributed by atoms with E-state index in [4.69, 9.17) is 16.3 Å². The maximum Gasteiger partial charge on any atom is 0.573 e. The van der Waals surface area contributed by atoms with Crippen molar-refractivity contribution in [1.29, 1.82) is 0 Å². The summed E-state index contributed by atoms with van der Waals surface area (Å²) in [6.45, 7) is 0. The Labute approximate surface area is 133 Å². The molecule has 0 aliphatic rings. The van der Waals surface area contributed by atoms with Gasteiger partial charge in [-0.3, -0.25) is 4.79 Å². The lowest BCUT2D eigenvalue weighted by Gasteiger charge is -2.11. The van der Waals surface area contributed by atoms with Gasteiger partial charge in [-0.05, 0) is 34.1 Å². The van der Waals surface area contributed by atoms with Gasteiger partial charge in [0.25, 0.3) is 5.19 Å². The molecule has 0 saturated heterocycles. The summed E-state index contributed by atoms with van der Waals surface area (Å²) in [5, 5.41) is 0.0968. The van der Waals surface area contributed by atoms with E-state index < -0.39 is 12.1 Å². The van der Waals surface area contributed by atoms with Crippen LogP contribution < -0.4 is 9.47 Å². The molecule has 1 aromatic carbocycles. The molecule has 0 saturated carbocycles. The van der Waals surface area contributed by atoms with Crippen LogP contribution in [0.4, 0.5) is 13.2 Å². The lowest BCUT2D eigenvalue weighted by atomic mass is 10.3. The number of ether oxygens (including phenoxy) is 2. The third-order valence-electron chi connectivity index (χ3n) is 2.03. The fourth-order valence-electron chi connectivity index (χ4n) is 1.26. The fraction of sp³-hybridized carbons (Fsp3) is 0.0909. The minimum Gasteiger partial charge on any atom is -0.431 e. The molecule has 0 aliphatic heterocycles. The van der Waals surface area contributed by atoms with E-state index in [2.05, 4.69) is 25.7 Å². The maximum atomic E-state index is 12.1. The highest BCUT2D eigenvalue weighted by Gasteiger charge is 2.32. The van der Waals surface area contributed by atoms with Crippen LogP contribution >= 0.6 is 38.9 Å². The van der Waals surface area contributed by atoms with Crippen LogP contribution in [0.2, 0.25) is 5.15 Å². The molecule has 112 valence electrons. The summed E-state index contributed by atoms with van der Waals surface area (Å²) in [4.78, 5) is 14.6. The fourth-order valence-corrected chi connectivity index (χ4v) is 2.63. The van der Waals surface area contributed by atoms with Crippen molar-refractivity contribution in [2.45, 2.75) is 6.36 Å². The average molecular weight is 403 g/mol. The van der Waals surface area contributed by atoms with Crippen LogP contribution in [0.15, 0.2) is 22.7 Å². The Balaban J connectivity index is 2.18. The predicted molar refractivity (Wildman–Crippen MR) is 73.4 cm³/mol. The Hall–Kier alpha value is -1.32. The molecule has 0 spiro atoms. The summed E-state index contributed by atoms with van der Waals surface area (Å²) in [7, 11) is 0. The van der Waals surface area contributed by atoms with E-state index in [9.17, 15) is 18.0 Å². The first-order chi connectivity index (χ1) is 9.78. The number of thiazole rings is 1. The van der Waals surface area contributed by atoms with Gasteiger partial charge in [0, 0.05) is 0 Å². The molecular weight excluding hydrogens is 399 g/mol. The number of hydrogen-bond donors (Lipinski definition) is 0. The van der Waals surface area contributed by atoms with Gasteiger partial charge in [0.15, 0.2) is 11.4 Å². The number of aromatic nitrogens is 1. The molecule has 0 atom stereocenters. The summed E-state index contributed by atoms with van der Waals surface area (Å²) >= 11 is 9.53. The molecule has 0 fully saturated rings. The molecule has 0 N–H and O–H groups in total. The lowest BCUT2D eigenvalue weighted by Crippen LogP contribution is -2.17. The Morgan fingerprint density at radius 1 is 1.38 bits per heavy atom. The Morgan fingerprint density at radius 3 is 2.62 bits per heavy atom. The summed E-state index contributed by atoms with van der Waals surface area (Å²) in [6.07, 6.45) is -4.25. The molecule has 0 aliphatic carbocycles. The van der Waals surface area contributed by atoms with Gasteiger partial charge in [-0.1, -0.05) is 22.9 Å². The SMILES string of the molecule is O=Cc1sc(Oc2ccc(OC(F)(F)F)c(Br)c2)nc1Cl. The number of rotatable bonds is 4. The molecule has 21 heavy (non-hydrogen) atoms. The number of nitrogens with zero attached hydrogens (tertiary/aromatic N) is 1. The van der Waals surface area contributed by atoms with Crippen LogP contribution in [-0.2, 0) is 0 Å². The van der Waals surface area contributed by atoms with Gasteiger partial charge in [0.05, 0.1) is 4.47 Å². The van der Waals surface area contributed by atoms with Crippen molar-refractivity contribution in [3.8, 4) is 16.7 Å². The van der Waals surface area contributed by atoms with Crippen molar-refractivity contribution in [2.75, 3.05) is 0 Å². The number of hydrogen-bond acceptors (Lipinski definition) is 5. The first-order valence-corrected chi connectivity index (χ1v) is 7.12. The summed E-state index contributed by atoms with van der Waals surface area (Å²) in [6, 6.07) is 3.63. The molecule has 1 heterocycles. The number of benzene rings is 1. The molecule has 10 heteroatoms. The second-order valence-corrected chi connectivity index (χ2v) is 5.70. The third kappa shape index (κ3) is 4.32. The van der Waals surface area contributed by atoms with Gasteiger partial charge in [-0.25, -0.2) is 0 Å². The average Bonchev–Trinajstić information content (AvgIpc) is 2.71. The van der Waals surface area contributed by atoms with Crippen LogP contribution in [-0.4, -0.2) is 17.6 Å². The van der Waals surface area contributed by atoms with Crippen molar-refractivity contribution in [3.63, 3.8) is 0 Å². The lowest BCUT2D eigenvalue weighted by molar-refractivity contribution is -0.274. The van der Waals surface area contributed by atoms with Crippen molar-refractivity contribution in [1.82, 2.24) is 4.98 Å². The molecule has 0 amide bonds. The minimum absolute atomic E-state index is 0.00101. The number of aldehydes is 1. The van der Waals surface area contributed by atoms with Gasteiger partial charge in [-0.2, -0.15) is 4.98 Å². The maximum absolute atomic E-state index is 12.1. The monoisotopic (exact) mass is 401 g/mol. The van der Waals surface area contributed by atoms with Gasteiger partial charge < -0.3 is 9.47 Å². The van der Waals surface area contributed by atoms with Crippen molar-refractivity contribution in [2.24, 2.45) is 0 Å². The molecule has 2 aromatic rings.